The molecule has 1 aromatic rings. The number of carbonyl (C=O) groups is 1. The first-order valence-corrected chi connectivity index (χ1v) is 5.67. The summed E-state index contributed by atoms with van der Waals surface area (Å²) in [5.41, 5.74) is 0.112. The standard InChI is InChI=1S/C8H10N2O3S/c1-10(14(2,12)13)8(11)7-5-3-4-6-9-7/h3-6H,1-2H3. The molecule has 6 heteroatoms. The molecule has 1 rings (SSSR count). The number of amides is 1. The molecule has 0 N–H and O–H groups in total. The molecule has 0 aliphatic rings. The van der Waals surface area contributed by atoms with Gasteiger partial charge in [0.05, 0.1) is 6.26 Å². The van der Waals surface area contributed by atoms with Crippen molar-refractivity contribution < 1.29 is 13.2 Å². The Morgan fingerprint density at radius 2 is 2.07 bits per heavy atom. The third-order valence-electron chi connectivity index (χ3n) is 1.67. The van der Waals surface area contributed by atoms with Crippen LogP contribution in [-0.2, 0) is 10.0 Å². The molecular weight excluding hydrogens is 204 g/mol. The van der Waals surface area contributed by atoms with Crippen LogP contribution in [0.2, 0.25) is 0 Å². The van der Waals surface area contributed by atoms with Crippen LogP contribution in [0.1, 0.15) is 10.5 Å². The molecule has 1 amide bonds. The van der Waals surface area contributed by atoms with Gasteiger partial charge in [-0.2, -0.15) is 0 Å². The van der Waals surface area contributed by atoms with E-state index in [1.54, 1.807) is 12.1 Å². The molecule has 0 bridgehead atoms. The lowest BCUT2D eigenvalue weighted by Crippen LogP contribution is -2.32. The van der Waals surface area contributed by atoms with Crippen molar-refractivity contribution in [3.63, 3.8) is 0 Å². The molecule has 0 aliphatic carbocycles. The van der Waals surface area contributed by atoms with E-state index in [1.807, 2.05) is 0 Å². The SMILES string of the molecule is CN(C(=O)c1ccccn1)S(C)(=O)=O. The number of pyridine rings is 1. The minimum absolute atomic E-state index is 0.112. The third-order valence-corrected chi connectivity index (χ3v) is 2.83. The number of sulfonamides is 1. The number of rotatable bonds is 2. The van der Waals surface area contributed by atoms with Crippen LogP contribution >= 0.6 is 0 Å². The van der Waals surface area contributed by atoms with Crippen molar-refractivity contribution in [3.05, 3.63) is 30.1 Å². The molecule has 0 spiro atoms. The van der Waals surface area contributed by atoms with Gasteiger partial charge in [0, 0.05) is 13.2 Å². The van der Waals surface area contributed by atoms with Gasteiger partial charge in [0.15, 0.2) is 0 Å². The maximum atomic E-state index is 11.5. The first-order valence-electron chi connectivity index (χ1n) is 3.82. The highest BCUT2D eigenvalue weighted by Crippen LogP contribution is 2.02. The van der Waals surface area contributed by atoms with Crippen molar-refractivity contribution in [1.29, 1.82) is 0 Å². The van der Waals surface area contributed by atoms with Crippen molar-refractivity contribution in [3.8, 4) is 0 Å². The molecular formula is C8H10N2O3S. The lowest BCUT2D eigenvalue weighted by atomic mass is 10.3. The largest absolute Gasteiger partial charge is 0.285 e. The number of hydrogen-bond donors (Lipinski definition) is 0. The second-order valence-corrected chi connectivity index (χ2v) is 4.76. The van der Waals surface area contributed by atoms with Gasteiger partial charge in [0.25, 0.3) is 5.91 Å². The second-order valence-electron chi connectivity index (χ2n) is 2.75. The molecule has 1 aromatic heterocycles. The average molecular weight is 214 g/mol. The molecule has 5 nitrogen and oxygen atoms in total. The Labute approximate surface area is 82.4 Å². The summed E-state index contributed by atoms with van der Waals surface area (Å²) in [5.74, 6) is -0.631. The predicted molar refractivity (Wildman–Crippen MR) is 51.2 cm³/mol. The molecule has 1 heterocycles. The summed E-state index contributed by atoms with van der Waals surface area (Å²) in [6.45, 7) is 0. The van der Waals surface area contributed by atoms with Crippen LogP contribution < -0.4 is 0 Å². The normalized spacial score (nSPS) is 11.0. The van der Waals surface area contributed by atoms with E-state index in [4.69, 9.17) is 0 Å². The summed E-state index contributed by atoms with van der Waals surface area (Å²) >= 11 is 0. The van der Waals surface area contributed by atoms with Crippen molar-refractivity contribution in [2.45, 2.75) is 0 Å². The Morgan fingerprint density at radius 1 is 1.43 bits per heavy atom. The van der Waals surface area contributed by atoms with Gasteiger partial charge < -0.3 is 0 Å². The summed E-state index contributed by atoms with van der Waals surface area (Å²) in [6, 6.07) is 4.73. The quantitative estimate of drug-likeness (QED) is 0.701. The number of aromatic nitrogens is 1. The van der Waals surface area contributed by atoms with Gasteiger partial charge in [-0.05, 0) is 12.1 Å². The second kappa shape index (κ2) is 3.75. The van der Waals surface area contributed by atoms with Gasteiger partial charge in [0.2, 0.25) is 10.0 Å². The zero-order valence-electron chi connectivity index (χ0n) is 7.84. The topological polar surface area (TPSA) is 67.3 Å². The van der Waals surface area contributed by atoms with E-state index in [2.05, 4.69) is 4.98 Å². The Bertz CT molecular complexity index is 427. The zero-order chi connectivity index (χ0) is 10.8. The van der Waals surface area contributed by atoms with E-state index < -0.39 is 15.9 Å². The lowest BCUT2D eigenvalue weighted by molar-refractivity contribution is 0.0878. The van der Waals surface area contributed by atoms with Gasteiger partial charge in [-0.1, -0.05) is 6.07 Å². The van der Waals surface area contributed by atoms with Crippen molar-refractivity contribution in [1.82, 2.24) is 9.29 Å². The number of hydrogen-bond acceptors (Lipinski definition) is 4. The van der Waals surface area contributed by atoms with Crippen molar-refractivity contribution in [2.75, 3.05) is 13.3 Å². The average Bonchev–Trinajstić information content (AvgIpc) is 2.15. The fourth-order valence-corrected chi connectivity index (χ4v) is 1.20. The van der Waals surface area contributed by atoms with E-state index in [0.717, 1.165) is 6.26 Å². The smallest absolute Gasteiger partial charge is 0.266 e. The first kappa shape index (κ1) is 10.6. The highest BCUT2D eigenvalue weighted by Gasteiger charge is 2.20. The van der Waals surface area contributed by atoms with E-state index >= 15 is 0 Å². The molecule has 0 saturated carbocycles. The van der Waals surface area contributed by atoms with Crippen LogP contribution in [0.5, 0.6) is 0 Å². The van der Waals surface area contributed by atoms with Crippen LogP contribution in [0.15, 0.2) is 24.4 Å². The van der Waals surface area contributed by atoms with Gasteiger partial charge in [-0.25, -0.2) is 12.7 Å². The summed E-state index contributed by atoms with van der Waals surface area (Å²) < 4.78 is 22.7. The number of nitrogens with zero attached hydrogens (tertiary/aromatic N) is 2. The Kier molecular flexibility index (Phi) is 2.85. The molecule has 0 atom stereocenters. The first-order chi connectivity index (χ1) is 6.43. The molecule has 0 aromatic carbocycles. The van der Waals surface area contributed by atoms with Crippen LogP contribution in [-0.4, -0.2) is 36.9 Å². The third kappa shape index (κ3) is 2.29. The summed E-state index contributed by atoms with van der Waals surface area (Å²) in [5, 5.41) is 0. The molecule has 0 saturated heterocycles. The highest BCUT2D eigenvalue weighted by atomic mass is 32.2. The fourth-order valence-electron chi connectivity index (χ4n) is 0.801. The van der Waals surface area contributed by atoms with E-state index in [0.29, 0.717) is 4.31 Å². The maximum absolute atomic E-state index is 11.5. The summed E-state index contributed by atoms with van der Waals surface area (Å²) in [4.78, 5) is 15.2. The lowest BCUT2D eigenvalue weighted by Gasteiger charge is -2.13. The maximum Gasteiger partial charge on any atom is 0.285 e. The molecule has 0 aliphatic heterocycles. The Morgan fingerprint density at radius 3 is 2.50 bits per heavy atom. The van der Waals surface area contributed by atoms with Gasteiger partial charge in [0.1, 0.15) is 5.69 Å². The Balaban J connectivity index is 2.99. The molecule has 0 radical (unpaired) electrons. The predicted octanol–water partition coefficient (Wildman–Crippen LogP) is 0.113. The van der Waals surface area contributed by atoms with Crippen LogP contribution in [0.4, 0.5) is 0 Å². The highest BCUT2D eigenvalue weighted by molar-refractivity contribution is 7.88. The molecule has 0 fully saturated rings. The van der Waals surface area contributed by atoms with Gasteiger partial charge >= 0.3 is 0 Å². The van der Waals surface area contributed by atoms with E-state index in [-0.39, 0.29) is 5.69 Å². The van der Waals surface area contributed by atoms with E-state index in [9.17, 15) is 13.2 Å². The van der Waals surface area contributed by atoms with Gasteiger partial charge in [-0.3, -0.25) is 9.78 Å². The van der Waals surface area contributed by atoms with Crippen molar-refractivity contribution in [2.24, 2.45) is 0 Å². The Hall–Kier alpha value is -1.43. The molecule has 76 valence electrons. The summed E-state index contributed by atoms with van der Waals surface area (Å²) in [7, 11) is -2.31. The minimum atomic E-state index is -3.51. The zero-order valence-corrected chi connectivity index (χ0v) is 8.65. The monoisotopic (exact) mass is 214 g/mol. The van der Waals surface area contributed by atoms with Crippen LogP contribution in [0, 0.1) is 0 Å². The number of carbonyl (C=O) groups excluding carboxylic acids is 1. The molecule has 0 unspecified atom stereocenters. The fraction of sp³-hybridized carbons (Fsp3) is 0.250. The van der Waals surface area contributed by atoms with Crippen molar-refractivity contribution >= 4 is 15.9 Å². The molecule has 14 heavy (non-hydrogen) atoms. The van der Waals surface area contributed by atoms with E-state index in [1.165, 1.54) is 19.3 Å². The minimum Gasteiger partial charge on any atom is -0.266 e. The van der Waals surface area contributed by atoms with Crippen LogP contribution in [0.25, 0.3) is 0 Å². The van der Waals surface area contributed by atoms with Gasteiger partial charge in [-0.15, -0.1) is 0 Å². The summed E-state index contributed by atoms with van der Waals surface area (Å²) in [6.07, 6.45) is 2.40. The van der Waals surface area contributed by atoms with Crippen LogP contribution in [0.3, 0.4) is 0 Å².